The first-order valence-electron chi connectivity index (χ1n) is 6.11. The van der Waals surface area contributed by atoms with Gasteiger partial charge in [0.1, 0.15) is 0 Å². The van der Waals surface area contributed by atoms with Crippen molar-refractivity contribution in [3.05, 3.63) is 29.8 Å². The zero-order valence-electron chi connectivity index (χ0n) is 11.0. The van der Waals surface area contributed by atoms with E-state index in [1.54, 1.807) is 13.0 Å². The number of carboxylic acids is 1. The molecule has 1 aromatic carbocycles. The van der Waals surface area contributed by atoms with E-state index < -0.39 is 5.97 Å². The number of aliphatic carboxylic acids is 1. The van der Waals surface area contributed by atoms with Gasteiger partial charge in [-0.15, -0.1) is 0 Å². The quantitative estimate of drug-likeness (QED) is 0.466. The fraction of sp³-hybridized carbons (Fsp3) is 0.286. The third-order valence-electron chi connectivity index (χ3n) is 2.61. The number of amides is 1. The Morgan fingerprint density at radius 2 is 2.00 bits per heavy atom. The molecule has 0 saturated heterocycles. The number of phenols is 2. The summed E-state index contributed by atoms with van der Waals surface area (Å²) in [4.78, 5) is 22.0. The van der Waals surface area contributed by atoms with Crippen molar-refractivity contribution >= 4 is 18.0 Å². The fourth-order valence-electron chi connectivity index (χ4n) is 1.52. The van der Waals surface area contributed by atoms with Gasteiger partial charge < -0.3 is 20.6 Å². The van der Waals surface area contributed by atoms with Gasteiger partial charge in [0.15, 0.2) is 11.5 Å². The van der Waals surface area contributed by atoms with Crippen LogP contribution < -0.4 is 5.32 Å². The predicted octanol–water partition coefficient (Wildman–Crippen LogP) is 1.48. The molecule has 6 nitrogen and oxygen atoms in total. The van der Waals surface area contributed by atoms with Crippen LogP contribution in [0, 0.1) is 0 Å². The minimum absolute atomic E-state index is 0.00298. The normalized spacial score (nSPS) is 12.2. The maximum absolute atomic E-state index is 11.6. The maximum Gasteiger partial charge on any atom is 0.303 e. The first kappa shape index (κ1) is 15.6. The van der Waals surface area contributed by atoms with E-state index in [0.717, 1.165) is 0 Å². The lowest BCUT2D eigenvalue weighted by Gasteiger charge is -2.10. The summed E-state index contributed by atoms with van der Waals surface area (Å²) >= 11 is 0. The van der Waals surface area contributed by atoms with Crippen LogP contribution in [0.2, 0.25) is 0 Å². The van der Waals surface area contributed by atoms with Crippen molar-refractivity contribution in [1.29, 1.82) is 0 Å². The standard InChI is InChI=1S/C14H17NO5/c1-9(2-7-14(19)20)15-13(18)6-4-10-3-5-11(16)12(17)8-10/h3-6,8-9,16-17H,2,7H2,1H3,(H,15,18)(H,19,20)/b6-4+. The van der Waals surface area contributed by atoms with Crippen molar-refractivity contribution in [1.82, 2.24) is 5.32 Å². The van der Waals surface area contributed by atoms with E-state index in [2.05, 4.69) is 5.32 Å². The summed E-state index contributed by atoms with van der Waals surface area (Å²) in [6.45, 7) is 1.72. The second-order valence-corrected chi connectivity index (χ2v) is 4.42. The molecular weight excluding hydrogens is 262 g/mol. The molecular formula is C14H17NO5. The average molecular weight is 279 g/mol. The Bertz CT molecular complexity index is 524. The number of carboxylic acid groups (broad SMARTS) is 1. The Morgan fingerprint density at radius 3 is 2.60 bits per heavy atom. The first-order valence-corrected chi connectivity index (χ1v) is 6.11. The van der Waals surface area contributed by atoms with Gasteiger partial charge in [0, 0.05) is 18.5 Å². The van der Waals surface area contributed by atoms with Crippen LogP contribution in [0.15, 0.2) is 24.3 Å². The summed E-state index contributed by atoms with van der Waals surface area (Å²) in [6.07, 6.45) is 3.12. The van der Waals surface area contributed by atoms with Crippen LogP contribution in [0.5, 0.6) is 11.5 Å². The molecule has 0 radical (unpaired) electrons. The molecule has 20 heavy (non-hydrogen) atoms. The highest BCUT2D eigenvalue weighted by atomic mass is 16.4. The summed E-state index contributed by atoms with van der Waals surface area (Å²) in [5.74, 6) is -1.74. The average Bonchev–Trinajstić information content (AvgIpc) is 2.38. The zero-order chi connectivity index (χ0) is 15.1. The molecule has 1 aromatic rings. The van der Waals surface area contributed by atoms with Gasteiger partial charge in [-0.3, -0.25) is 9.59 Å². The second-order valence-electron chi connectivity index (χ2n) is 4.42. The fourth-order valence-corrected chi connectivity index (χ4v) is 1.52. The van der Waals surface area contributed by atoms with E-state index >= 15 is 0 Å². The van der Waals surface area contributed by atoms with E-state index in [0.29, 0.717) is 12.0 Å². The minimum Gasteiger partial charge on any atom is -0.504 e. The molecule has 1 amide bonds. The summed E-state index contributed by atoms with van der Waals surface area (Å²) < 4.78 is 0. The third kappa shape index (κ3) is 5.43. The lowest BCUT2D eigenvalue weighted by molar-refractivity contribution is -0.137. The lowest BCUT2D eigenvalue weighted by Crippen LogP contribution is -2.31. The molecule has 1 atom stereocenters. The van der Waals surface area contributed by atoms with Crippen molar-refractivity contribution in [2.75, 3.05) is 0 Å². The SMILES string of the molecule is CC(CCC(=O)O)NC(=O)/C=C/c1ccc(O)c(O)c1. The molecule has 0 heterocycles. The van der Waals surface area contributed by atoms with Crippen molar-refractivity contribution in [2.24, 2.45) is 0 Å². The molecule has 4 N–H and O–H groups in total. The second kappa shape index (κ2) is 7.18. The van der Waals surface area contributed by atoms with Gasteiger partial charge >= 0.3 is 5.97 Å². The molecule has 0 saturated carbocycles. The molecule has 0 aromatic heterocycles. The van der Waals surface area contributed by atoms with E-state index in [-0.39, 0.29) is 29.9 Å². The van der Waals surface area contributed by atoms with Crippen molar-refractivity contribution in [2.45, 2.75) is 25.8 Å². The Hall–Kier alpha value is -2.50. The number of hydrogen-bond donors (Lipinski definition) is 4. The largest absolute Gasteiger partial charge is 0.504 e. The van der Waals surface area contributed by atoms with Gasteiger partial charge in [0.2, 0.25) is 5.91 Å². The van der Waals surface area contributed by atoms with Crippen LogP contribution in [0.1, 0.15) is 25.3 Å². The van der Waals surface area contributed by atoms with Crippen LogP contribution in [0.25, 0.3) is 6.08 Å². The van der Waals surface area contributed by atoms with Crippen molar-refractivity contribution in [3.63, 3.8) is 0 Å². The lowest BCUT2D eigenvalue weighted by atomic mass is 10.1. The number of carbonyl (C=O) groups is 2. The van der Waals surface area contributed by atoms with Crippen molar-refractivity contribution < 1.29 is 24.9 Å². The highest BCUT2D eigenvalue weighted by Crippen LogP contribution is 2.25. The maximum atomic E-state index is 11.6. The summed E-state index contributed by atoms with van der Waals surface area (Å²) in [5, 5.41) is 29.6. The first-order chi connectivity index (χ1) is 9.38. The molecule has 0 aliphatic heterocycles. The summed E-state index contributed by atoms with van der Waals surface area (Å²) in [5.41, 5.74) is 0.564. The molecule has 0 fully saturated rings. The Kier molecular flexibility index (Phi) is 5.58. The van der Waals surface area contributed by atoms with Crippen molar-refractivity contribution in [3.8, 4) is 11.5 Å². The summed E-state index contributed by atoms with van der Waals surface area (Å²) in [6, 6.07) is 3.96. The van der Waals surface area contributed by atoms with Gasteiger partial charge in [-0.2, -0.15) is 0 Å². The van der Waals surface area contributed by atoms with E-state index in [1.165, 1.54) is 24.3 Å². The van der Waals surface area contributed by atoms with Crippen LogP contribution in [0.3, 0.4) is 0 Å². The number of rotatable bonds is 6. The molecule has 108 valence electrons. The highest BCUT2D eigenvalue weighted by molar-refractivity contribution is 5.92. The van der Waals surface area contributed by atoms with E-state index in [1.807, 2.05) is 0 Å². The van der Waals surface area contributed by atoms with Crippen LogP contribution in [-0.4, -0.2) is 33.2 Å². The molecule has 0 bridgehead atoms. The van der Waals surface area contributed by atoms with Gasteiger partial charge in [-0.1, -0.05) is 6.07 Å². The number of nitrogens with one attached hydrogen (secondary N) is 1. The van der Waals surface area contributed by atoms with Gasteiger partial charge in [0.25, 0.3) is 0 Å². The van der Waals surface area contributed by atoms with Crippen LogP contribution in [-0.2, 0) is 9.59 Å². The Morgan fingerprint density at radius 1 is 1.30 bits per heavy atom. The van der Waals surface area contributed by atoms with Gasteiger partial charge in [0.05, 0.1) is 0 Å². The van der Waals surface area contributed by atoms with E-state index in [9.17, 15) is 14.7 Å². The molecule has 0 spiro atoms. The number of phenolic OH excluding ortho intramolecular Hbond substituents is 2. The number of carbonyl (C=O) groups excluding carboxylic acids is 1. The molecule has 1 unspecified atom stereocenters. The molecule has 1 rings (SSSR count). The smallest absolute Gasteiger partial charge is 0.303 e. The van der Waals surface area contributed by atoms with Gasteiger partial charge in [-0.25, -0.2) is 0 Å². The van der Waals surface area contributed by atoms with E-state index in [4.69, 9.17) is 10.2 Å². The number of hydrogen-bond acceptors (Lipinski definition) is 4. The topological polar surface area (TPSA) is 107 Å². The van der Waals surface area contributed by atoms with Crippen LogP contribution in [0.4, 0.5) is 0 Å². The number of benzene rings is 1. The minimum atomic E-state index is -0.902. The predicted molar refractivity (Wildman–Crippen MR) is 73.3 cm³/mol. The molecule has 0 aliphatic rings. The Labute approximate surface area is 116 Å². The van der Waals surface area contributed by atoms with Gasteiger partial charge in [-0.05, 0) is 37.1 Å². The Balaban J connectivity index is 2.50. The zero-order valence-corrected chi connectivity index (χ0v) is 11.0. The molecule has 0 aliphatic carbocycles. The number of aromatic hydroxyl groups is 2. The summed E-state index contributed by atoms with van der Waals surface area (Å²) in [7, 11) is 0. The monoisotopic (exact) mass is 279 g/mol. The molecule has 6 heteroatoms. The third-order valence-corrected chi connectivity index (χ3v) is 2.61. The van der Waals surface area contributed by atoms with Crippen LogP contribution >= 0.6 is 0 Å². The highest BCUT2D eigenvalue weighted by Gasteiger charge is 2.07.